The summed E-state index contributed by atoms with van der Waals surface area (Å²) in [6.07, 6.45) is 1.58. The third-order valence-corrected chi connectivity index (χ3v) is 5.46. The van der Waals surface area contributed by atoms with E-state index in [1.807, 2.05) is 0 Å². The third kappa shape index (κ3) is 3.91. The van der Waals surface area contributed by atoms with E-state index in [-0.39, 0.29) is 28.6 Å². The number of nitrogens with two attached hydrogens (primary N) is 1. The Balaban J connectivity index is 1.82. The molecule has 0 aromatic heterocycles. The lowest BCUT2D eigenvalue weighted by atomic mass is 9.81. The summed E-state index contributed by atoms with van der Waals surface area (Å²) in [5.74, 6) is -2.14. The number of nitrogens with zero attached hydrogens (tertiary/aromatic N) is 2. The Morgan fingerprint density at radius 3 is 2.64 bits per heavy atom. The van der Waals surface area contributed by atoms with Crippen molar-refractivity contribution < 1.29 is 24.2 Å². The second-order valence-corrected chi connectivity index (χ2v) is 7.23. The number of halogens is 1. The van der Waals surface area contributed by atoms with Crippen LogP contribution in [-0.4, -0.2) is 58.9 Å². The Morgan fingerprint density at radius 1 is 1.32 bits per heavy atom. The quantitative estimate of drug-likeness (QED) is 0.727. The molecule has 1 aliphatic heterocycles. The molecule has 28 heavy (non-hydrogen) atoms. The minimum Gasteiger partial charge on any atom is -0.478 e. The molecular weight excluding hydrogens is 365 g/mol. The summed E-state index contributed by atoms with van der Waals surface area (Å²) in [4.78, 5) is 29.6. The molecule has 1 amide bonds. The summed E-state index contributed by atoms with van der Waals surface area (Å²) in [6.45, 7) is 0.918. The molecule has 1 aliphatic carbocycles. The molecule has 1 saturated carbocycles. The van der Waals surface area contributed by atoms with Gasteiger partial charge in [-0.15, -0.1) is 0 Å². The Morgan fingerprint density at radius 2 is 2.07 bits per heavy atom. The highest BCUT2D eigenvalue weighted by atomic mass is 19.1. The first-order chi connectivity index (χ1) is 13.3. The largest absolute Gasteiger partial charge is 0.478 e. The molecule has 2 unspecified atom stereocenters. The van der Waals surface area contributed by atoms with Crippen molar-refractivity contribution >= 4 is 23.3 Å². The van der Waals surface area contributed by atoms with E-state index < -0.39 is 17.9 Å². The number of aromatic carboxylic acids is 1. The van der Waals surface area contributed by atoms with E-state index in [0.717, 1.165) is 6.07 Å². The number of hydrogen-bond donors (Lipinski definition) is 3. The SMILES string of the molecule is CN=C1CC(C(=O)N2CCC(O)C2)CCC1=C(N)c1ccc(C(=O)O)cc1F. The molecule has 1 saturated heterocycles. The van der Waals surface area contributed by atoms with Crippen LogP contribution >= 0.6 is 0 Å². The van der Waals surface area contributed by atoms with Crippen molar-refractivity contribution in [3.8, 4) is 0 Å². The molecule has 2 atom stereocenters. The van der Waals surface area contributed by atoms with Crippen molar-refractivity contribution in [3.63, 3.8) is 0 Å². The number of likely N-dealkylation sites (tertiary alicyclic amines) is 1. The topological polar surface area (TPSA) is 116 Å². The van der Waals surface area contributed by atoms with Gasteiger partial charge in [-0.25, -0.2) is 9.18 Å². The molecule has 1 aromatic carbocycles. The normalized spacial score (nSPS) is 25.8. The predicted octanol–water partition coefficient (Wildman–Crippen LogP) is 1.66. The number of amides is 1. The van der Waals surface area contributed by atoms with Gasteiger partial charge in [0.05, 0.1) is 11.7 Å². The summed E-state index contributed by atoms with van der Waals surface area (Å²) >= 11 is 0. The van der Waals surface area contributed by atoms with Gasteiger partial charge in [0.25, 0.3) is 0 Å². The average Bonchev–Trinajstić information content (AvgIpc) is 3.12. The van der Waals surface area contributed by atoms with Crippen LogP contribution in [0.25, 0.3) is 5.70 Å². The van der Waals surface area contributed by atoms with Crippen molar-refractivity contribution in [2.75, 3.05) is 20.1 Å². The highest BCUT2D eigenvalue weighted by Gasteiger charge is 2.34. The average molecular weight is 389 g/mol. The van der Waals surface area contributed by atoms with Gasteiger partial charge < -0.3 is 20.8 Å². The maximum Gasteiger partial charge on any atom is 0.335 e. The first-order valence-electron chi connectivity index (χ1n) is 9.26. The predicted molar refractivity (Wildman–Crippen MR) is 102 cm³/mol. The van der Waals surface area contributed by atoms with Crippen LogP contribution in [0.15, 0.2) is 28.8 Å². The van der Waals surface area contributed by atoms with Crippen LogP contribution in [-0.2, 0) is 4.79 Å². The number of benzene rings is 1. The number of aliphatic hydroxyl groups is 1. The van der Waals surface area contributed by atoms with Gasteiger partial charge in [0.15, 0.2) is 0 Å². The van der Waals surface area contributed by atoms with Gasteiger partial charge in [-0.2, -0.15) is 0 Å². The molecule has 1 aromatic rings. The molecule has 150 valence electrons. The molecule has 0 radical (unpaired) electrons. The monoisotopic (exact) mass is 389 g/mol. The van der Waals surface area contributed by atoms with E-state index in [2.05, 4.69) is 4.99 Å². The van der Waals surface area contributed by atoms with E-state index in [4.69, 9.17) is 10.8 Å². The van der Waals surface area contributed by atoms with Crippen molar-refractivity contribution in [3.05, 3.63) is 40.7 Å². The van der Waals surface area contributed by atoms with E-state index in [1.54, 1.807) is 11.9 Å². The molecule has 7 nitrogen and oxygen atoms in total. The summed E-state index contributed by atoms with van der Waals surface area (Å²) in [5.41, 5.74) is 7.76. The molecule has 1 heterocycles. The van der Waals surface area contributed by atoms with E-state index >= 15 is 0 Å². The van der Waals surface area contributed by atoms with Gasteiger partial charge >= 0.3 is 5.97 Å². The lowest BCUT2D eigenvalue weighted by Gasteiger charge is -2.29. The number of β-amino-alcohol motifs (C(OH)–C–C–N with tert-alkyl or cyclic N) is 1. The Labute approximate surface area is 162 Å². The number of aliphatic imine (C=N–C) groups is 1. The van der Waals surface area contributed by atoms with Crippen LogP contribution < -0.4 is 5.73 Å². The molecular formula is C20H24FN3O4. The zero-order valence-electron chi connectivity index (χ0n) is 15.7. The number of rotatable bonds is 3. The van der Waals surface area contributed by atoms with E-state index in [1.165, 1.54) is 12.1 Å². The van der Waals surface area contributed by atoms with Crippen LogP contribution in [0.5, 0.6) is 0 Å². The highest BCUT2D eigenvalue weighted by molar-refractivity contribution is 6.08. The molecule has 4 N–H and O–H groups in total. The number of hydrogen-bond acceptors (Lipinski definition) is 5. The smallest absolute Gasteiger partial charge is 0.335 e. The van der Waals surface area contributed by atoms with Crippen LogP contribution in [0.3, 0.4) is 0 Å². The minimum absolute atomic E-state index is 0.00677. The van der Waals surface area contributed by atoms with Gasteiger partial charge in [0, 0.05) is 49.4 Å². The van der Waals surface area contributed by atoms with Crippen LogP contribution in [0.4, 0.5) is 4.39 Å². The molecule has 2 fully saturated rings. The van der Waals surface area contributed by atoms with Crippen LogP contribution in [0, 0.1) is 11.7 Å². The fourth-order valence-electron chi connectivity index (χ4n) is 3.88. The molecule has 0 bridgehead atoms. The number of carbonyl (C=O) groups excluding carboxylic acids is 1. The fraction of sp³-hybridized carbons (Fsp3) is 0.450. The number of carboxylic acid groups (broad SMARTS) is 1. The zero-order valence-corrected chi connectivity index (χ0v) is 15.7. The zero-order chi connectivity index (χ0) is 20.4. The van der Waals surface area contributed by atoms with Crippen molar-refractivity contribution in [2.24, 2.45) is 16.6 Å². The summed E-state index contributed by atoms with van der Waals surface area (Å²) in [6, 6.07) is 3.61. The summed E-state index contributed by atoms with van der Waals surface area (Å²) in [7, 11) is 1.61. The summed E-state index contributed by atoms with van der Waals surface area (Å²) < 4.78 is 14.4. The standard InChI is InChI=1S/C20H24FN3O4/c1-23-17-9-11(19(26)24-7-6-13(25)10-24)2-5-15(17)18(22)14-4-3-12(20(27)28)8-16(14)21/h3-4,8,11,13,25H,2,5-7,9-10,22H2,1H3,(H,27,28). The molecule has 3 rings (SSSR count). The molecule has 0 spiro atoms. The van der Waals surface area contributed by atoms with Crippen LogP contribution in [0.1, 0.15) is 41.6 Å². The first kappa shape index (κ1) is 20.0. The Bertz CT molecular complexity index is 865. The maximum atomic E-state index is 14.4. The van der Waals surface area contributed by atoms with Gasteiger partial charge in [-0.05, 0) is 43.0 Å². The van der Waals surface area contributed by atoms with Crippen molar-refractivity contribution in [1.82, 2.24) is 4.90 Å². The molecule has 2 aliphatic rings. The number of carbonyl (C=O) groups is 2. The number of carboxylic acids is 1. The Hall–Kier alpha value is -2.74. The van der Waals surface area contributed by atoms with Gasteiger partial charge in [-0.3, -0.25) is 9.79 Å². The second kappa shape index (κ2) is 8.10. The maximum absolute atomic E-state index is 14.4. The highest BCUT2D eigenvalue weighted by Crippen LogP contribution is 2.32. The third-order valence-electron chi connectivity index (χ3n) is 5.46. The van der Waals surface area contributed by atoms with Gasteiger partial charge in [0.1, 0.15) is 5.82 Å². The minimum atomic E-state index is -1.21. The lowest BCUT2D eigenvalue weighted by molar-refractivity contribution is -0.134. The van der Waals surface area contributed by atoms with Gasteiger partial charge in [-0.1, -0.05) is 0 Å². The van der Waals surface area contributed by atoms with E-state index in [9.17, 15) is 19.1 Å². The van der Waals surface area contributed by atoms with Crippen LogP contribution in [0.2, 0.25) is 0 Å². The first-order valence-corrected chi connectivity index (χ1v) is 9.26. The summed E-state index contributed by atoms with van der Waals surface area (Å²) in [5, 5.41) is 18.6. The van der Waals surface area contributed by atoms with Gasteiger partial charge in [0.2, 0.25) is 5.91 Å². The lowest BCUT2D eigenvalue weighted by Crippen LogP contribution is -2.38. The van der Waals surface area contributed by atoms with Crippen molar-refractivity contribution in [2.45, 2.75) is 31.8 Å². The van der Waals surface area contributed by atoms with E-state index in [0.29, 0.717) is 50.1 Å². The second-order valence-electron chi connectivity index (χ2n) is 7.23. The Kier molecular flexibility index (Phi) is 5.79. The number of aliphatic hydroxyl groups excluding tert-OH is 1. The fourth-order valence-corrected chi connectivity index (χ4v) is 3.88. The molecule has 8 heteroatoms. The van der Waals surface area contributed by atoms with Crippen molar-refractivity contribution in [1.29, 1.82) is 0 Å². The number of allylic oxidation sites excluding steroid dienone is 1.